The molecule has 0 aliphatic heterocycles. The van der Waals surface area contributed by atoms with E-state index in [1.807, 2.05) is 12.1 Å². The molecule has 7 rings (SSSR count). The number of hydrogen-bond acceptors (Lipinski definition) is 3. The van der Waals surface area contributed by atoms with Gasteiger partial charge in [0.1, 0.15) is 0 Å². The van der Waals surface area contributed by atoms with Crippen molar-refractivity contribution in [2.24, 2.45) is 17.3 Å². The largest absolute Gasteiger partial charge is 0.301 e. The summed E-state index contributed by atoms with van der Waals surface area (Å²) in [6, 6.07) is 21.0. The topological polar surface area (TPSA) is 42.0 Å². The molecule has 1 amide bonds. The molecule has 4 aliphatic rings. The summed E-state index contributed by atoms with van der Waals surface area (Å²) in [5.74, 6) is 1.62. The monoisotopic (exact) mass is 506 g/mol. The lowest BCUT2D eigenvalue weighted by molar-refractivity contribution is -0.138. The molecule has 0 saturated heterocycles. The van der Waals surface area contributed by atoms with E-state index >= 15 is 0 Å². The van der Waals surface area contributed by atoms with Crippen molar-refractivity contribution >= 4 is 38.3 Å². The predicted molar refractivity (Wildman–Crippen MR) is 133 cm³/mol. The molecule has 4 aliphatic carbocycles. The van der Waals surface area contributed by atoms with Gasteiger partial charge in [0.25, 0.3) is 0 Å². The first-order valence-electron chi connectivity index (χ1n) is 11.6. The van der Waals surface area contributed by atoms with Crippen LogP contribution in [-0.2, 0) is 4.79 Å². The molecule has 5 heteroatoms. The first-order valence-corrected chi connectivity index (χ1v) is 13.2. The Morgan fingerprint density at radius 3 is 2.12 bits per heavy atom. The molecule has 1 N–H and O–H groups in total. The number of rotatable bonds is 5. The average molecular weight is 507 g/mol. The Balaban J connectivity index is 1.27. The van der Waals surface area contributed by atoms with Gasteiger partial charge in [-0.2, -0.15) is 0 Å². The highest BCUT2D eigenvalue weighted by atomic mass is 79.9. The van der Waals surface area contributed by atoms with Crippen LogP contribution < -0.4 is 5.32 Å². The number of nitrogens with one attached hydrogen (secondary N) is 1. The van der Waals surface area contributed by atoms with Gasteiger partial charge in [0.05, 0.1) is 17.0 Å². The van der Waals surface area contributed by atoms with Gasteiger partial charge in [-0.1, -0.05) is 76.6 Å². The van der Waals surface area contributed by atoms with Crippen molar-refractivity contribution < 1.29 is 4.79 Å². The molecule has 2 aromatic carbocycles. The Bertz CT molecular complexity index is 1080. The zero-order chi connectivity index (χ0) is 21.8. The van der Waals surface area contributed by atoms with Crippen LogP contribution in [0.2, 0.25) is 0 Å². The van der Waals surface area contributed by atoms with Crippen LogP contribution in [-0.4, -0.2) is 15.2 Å². The van der Waals surface area contributed by atoms with E-state index in [0.717, 1.165) is 30.1 Å². The van der Waals surface area contributed by atoms with Gasteiger partial charge in [0, 0.05) is 9.70 Å². The third-order valence-corrected chi connectivity index (χ3v) is 9.48. The minimum atomic E-state index is -0.225. The fourth-order valence-electron chi connectivity index (χ4n) is 6.95. The van der Waals surface area contributed by atoms with Gasteiger partial charge in [0.15, 0.2) is 5.13 Å². The molecule has 32 heavy (non-hydrogen) atoms. The van der Waals surface area contributed by atoms with E-state index in [1.54, 1.807) is 11.3 Å². The van der Waals surface area contributed by atoms with Crippen LogP contribution in [0.15, 0.2) is 66.0 Å². The number of hydrogen-bond donors (Lipinski definition) is 1. The molecule has 164 valence electrons. The SMILES string of the molecule is O=C(Nc1nc(C(c2ccccc2)c2ccccc2)cs1)C12C[C@@H]3C[C@@H](CC(Br)(C3)C1)C2. The smallest absolute Gasteiger partial charge is 0.232 e. The Morgan fingerprint density at radius 2 is 1.56 bits per heavy atom. The third-order valence-electron chi connectivity index (χ3n) is 7.78. The molecule has 4 atom stereocenters. The summed E-state index contributed by atoms with van der Waals surface area (Å²) in [5.41, 5.74) is 3.19. The van der Waals surface area contributed by atoms with Crippen molar-refractivity contribution in [3.05, 3.63) is 82.9 Å². The first kappa shape index (κ1) is 20.6. The highest BCUT2D eigenvalue weighted by molar-refractivity contribution is 9.10. The molecular weight excluding hydrogens is 480 g/mol. The maximum atomic E-state index is 13.6. The lowest BCUT2D eigenvalue weighted by atomic mass is 9.49. The fraction of sp³-hybridized carbons (Fsp3) is 0.407. The van der Waals surface area contributed by atoms with Crippen LogP contribution >= 0.6 is 27.3 Å². The lowest BCUT2D eigenvalue weighted by Gasteiger charge is -2.59. The summed E-state index contributed by atoms with van der Waals surface area (Å²) >= 11 is 5.57. The highest BCUT2D eigenvalue weighted by Gasteiger charge is 2.59. The Morgan fingerprint density at radius 1 is 0.969 bits per heavy atom. The summed E-state index contributed by atoms with van der Waals surface area (Å²) in [5, 5.41) is 6.07. The quantitative estimate of drug-likeness (QED) is 0.378. The van der Waals surface area contributed by atoms with E-state index in [1.165, 1.54) is 30.4 Å². The molecule has 4 bridgehead atoms. The van der Waals surface area contributed by atoms with Gasteiger partial charge in [-0.15, -0.1) is 11.3 Å². The van der Waals surface area contributed by atoms with Crippen LogP contribution in [0.25, 0.3) is 0 Å². The number of amides is 1. The van der Waals surface area contributed by atoms with E-state index < -0.39 is 0 Å². The van der Waals surface area contributed by atoms with Gasteiger partial charge in [-0.05, 0) is 61.5 Å². The number of alkyl halides is 1. The summed E-state index contributed by atoms with van der Waals surface area (Å²) in [4.78, 5) is 18.5. The highest BCUT2D eigenvalue weighted by Crippen LogP contribution is 2.64. The second-order valence-electron chi connectivity index (χ2n) is 10.2. The summed E-state index contributed by atoms with van der Waals surface area (Å²) in [7, 11) is 0. The standard InChI is InChI=1S/C27H27BrN2OS/c28-27-14-18-11-19(15-27)13-26(12-18,17-27)24(31)30-25-29-22(16-32-25)23(20-7-3-1-4-8-20)21-9-5-2-6-10-21/h1-10,16,18-19,23H,11-15,17H2,(H,29,30,31)/t18-,19+,26?,27?. The first-order chi connectivity index (χ1) is 15.5. The number of thiazole rings is 1. The van der Waals surface area contributed by atoms with Crippen molar-refractivity contribution in [1.29, 1.82) is 0 Å². The molecule has 3 nitrogen and oxygen atoms in total. The van der Waals surface area contributed by atoms with Crippen molar-refractivity contribution in [2.45, 2.75) is 48.8 Å². The number of halogens is 1. The van der Waals surface area contributed by atoms with Crippen LogP contribution in [0.1, 0.15) is 61.3 Å². The molecule has 1 aromatic heterocycles. The molecule has 2 unspecified atom stereocenters. The second-order valence-corrected chi connectivity index (χ2v) is 12.7. The zero-order valence-corrected chi connectivity index (χ0v) is 20.4. The zero-order valence-electron chi connectivity index (χ0n) is 18.0. The van der Waals surface area contributed by atoms with E-state index in [0.29, 0.717) is 11.8 Å². The van der Waals surface area contributed by atoms with E-state index in [-0.39, 0.29) is 21.6 Å². The average Bonchev–Trinajstić information content (AvgIpc) is 3.21. The molecule has 1 heterocycles. The van der Waals surface area contributed by atoms with Crippen molar-refractivity contribution in [3.8, 4) is 0 Å². The Hall–Kier alpha value is -1.98. The third kappa shape index (κ3) is 3.63. The summed E-state index contributed by atoms with van der Waals surface area (Å²) in [6.45, 7) is 0. The van der Waals surface area contributed by atoms with Crippen LogP contribution in [0, 0.1) is 17.3 Å². The molecular formula is C27H27BrN2OS. The molecule has 3 aromatic rings. The van der Waals surface area contributed by atoms with Gasteiger partial charge in [-0.3, -0.25) is 4.79 Å². The number of carbonyl (C=O) groups is 1. The van der Waals surface area contributed by atoms with Crippen LogP contribution in [0.4, 0.5) is 5.13 Å². The molecule has 4 fully saturated rings. The van der Waals surface area contributed by atoms with Gasteiger partial charge < -0.3 is 5.32 Å². The minimum Gasteiger partial charge on any atom is -0.301 e. The van der Waals surface area contributed by atoms with Crippen molar-refractivity contribution in [3.63, 3.8) is 0 Å². The number of anilines is 1. The predicted octanol–water partition coefficient (Wildman–Crippen LogP) is 7.00. The van der Waals surface area contributed by atoms with Gasteiger partial charge in [0.2, 0.25) is 5.91 Å². The number of aromatic nitrogens is 1. The van der Waals surface area contributed by atoms with E-state index in [4.69, 9.17) is 4.98 Å². The van der Waals surface area contributed by atoms with Gasteiger partial charge >= 0.3 is 0 Å². The number of benzene rings is 2. The second kappa shape index (κ2) is 7.81. The molecule has 0 spiro atoms. The van der Waals surface area contributed by atoms with Crippen molar-refractivity contribution in [2.75, 3.05) is 5.32 Å². The normalized spacial score (nSPS) is 30.6. The minimum absolute atomic E-state index is 0.0599. The van der Waals surface area contributed by atoms with Crippen molar-refractivity contribution in [1.82, 2.24) is 4.98 Å². The number of nitrogens with zero attached hydrogens (tertiary/aromatic N) is 1. The van der Waals surface area contributed by atoms with Crippen LogP contribution in [0.5, 0.6) is 0 Å². The Labute approximate surface area is 201 Å². The number of carbonyl (C=O) groups excluding carboxylic acids is 1. The van der Waals surface area contributed by atoms with Crippen LogP contribution in [0.3, 0.4) is 0 Å². The lowest BCUT2D eigenvalue weighted by Crippen LogP contribution is -2.57. The maximum absolute atomic E-state index is 13.6. The molecule has 4 saturated carbocycles. The Kier molecular flexibility index (Phi) is 5.03. The summed E-state index contributed by atoms with van der Waals surface area (Å²) in [6.07, 6.45) is 6.81. The van der Waals surface area contributed by atoms with Gasteiger partial charge in [-0.25, -0.2) is 4.98 Å². The molecule has 0 radical (unpaired) electrons. The fourth-order valence-corrected chi connectivity index (χ4v) is 9.13. The summed E-state index contributed by atoms with van der Waals surface area (Å²) < 4.78 is 0.175. The maximum Gasteiger partial charge on any atom is 0.232 e. The van der Waals surface area contributed by atoms with E-state index in [2.05, 4.69) is 75.2 Å². The van der Waals surface area contributed by atoms with E-state index in [9.17, 15) is 4.79 Å².